The van der Waals surface area contributed by atoms with Gasteiger partial charge in [0.1, 0.15) is 0 Å². The van der Waals surface area contributed by atoms with Crippen molar-refractivity contribution in [3.8, 4) is 0 Å². The van der Waals surface area contributed by atoms with Crippen molar-refractivity contribution < 1.29 is 87.8 Å². The van der Waals surface area contributed by atoms with Crippen molar-refractivity contribution in [3.05, 3.63) is 231 Å². The summed E-state index contributed by atoms with van der Waals surface area (Å²) < 4.78 is 303. The molecule has 8 aromatic rings. The Balaban J connectivity index is 1.56. The van der Waals surface area contributed by atoms with Crippen molar-refractivity contribution in [2.45, 2.75) is 0 Å². The highest BCUT2D eigenvalue weighted by Crippen LogP contribution is 2.37. The molecular formula is C44H12F20N4. The lowest BCUT2D eigenvalue weighted by molar-refractivity contribution is 0.376. The quantitative estimate of drug-likeness (QED) is 0.0774. The predicted molar refractivity (Wildman–Crippen MR) is 193 cm³/mol. The molecule has 1 aliphatic rings. The first kappa shape index (κ1) is 45.2. The van der Waals surface area contributed by atoms with Crippen LogP contribution in [-0.4, -0.2) is 19.9 Å². The van der Waals surface area contributed by atoms with Crippen molar-refractivity contribution in [3.63, 3.8) is 0 Å². The van der Waals surface area contributed by atoms with E-state index in [1.165, 1.54) is 0 Å². The zero-order valence-electron chi connectivity index (χ0n) is 32.2. The Morgan fingerprint density at radius 1 is 0.176 bits per heavy atom. The van der Waals surface area contributed by atoms with E-state index in [4.69, 9.17) is 0 Å². The first-order valence-corrected chi connectivity index (χ1v) is 18.4. The molecular weight excluding hydrogens is 964 g/mol. The first-order valence-electron chi connectivity index (χ1n) is 18.4. The number of rotatable bonds is 4. The summed E-state index contributed by atoms with van der Waals surface area (Å²) in [7, 11) is 0. The summed E-state index contributed by atoms with van der Waals surface area (Å²) in [6.07, 6.45) is 0. The van der Waals surface area contributed by atoms with Crippen molar-refractivity contribution >= 4 is 22.3 Å². The number of halogens is 20. The van der Waals surface area contributed by atoms with Crippen LogP contribution >= 0.6 is 0 Å². The smallest absolute Gasteiger partial charge is 0.200 e. The number of hydrogen-bond acceptors (Lipinski definition) is 0. The monoisotopic (exact) mass is 976 g/mol. The van der Waals surface area contributed by atoms with E-state index in [1.807, 2.05) is 0 Å². The zero-order valence-corrected chi connectivity index (χ0v) is 32.2. The van der Waals surface area contributed by atoms with E-state index < -0.39 is 205 Å². The third kappa shape index (κ3) is 6.39. The summed E-state index contributed by atoms with van der Waals surface area (Å²) >= 11 is 0. The molecule has 0 unspecified atom stereocenters. The van der Waals surface area contributed by atoms with Crippen molar-refractivity contribution in [1.29, 1.82) is 0 Å². The van der Waals surface area contributed by atoms with Crippen LogP contribution in [0.1, 0.15) is 45.0 Å². The van der Waals surface area contributed by atoms with Gasteiger partial charge in [0.2, 0.25) is 23.3 Å². The SMILES string of the molecule is Fc1c(F)c(F)c(/C2=c3\cc/c([nH]3)=C(\c3c(F)c(F)c(F)c(F)c3F)c3ccc([nH]3)/C(c3c(F)c(F)c(F)c(F)c3F)=c3/cc/c([nH]3)=C(\c3c(F)c(F)c(F)c(F)c3F)c3ccc2[nH]3)c(F)c1F. The zero-order chi connectivity index (χ0) is 49.3. The van der Waals surface area contributed by atoms with Crippen LogP contribution in [0.4, 0.5) is 87.8 Å². The fourth-order valence-electron chi connectivity index (χ4n) is 7.70. The van der Waals surface area contributed by atoms with Crippen LogP contribution < -0.4 is 21.4 Å². The minimum atomic E-state index is -2.70. The fraction of sp³-hybridized carbons (Fsp3) is 0. The predicted octanol–water partition coefficient (Wildman–Crippen LogP) is 9.08. The summed E-state index contributed by atoms with van der Waals surface area (Å²) in [4.78, 5) is 9.09. The molecule has 0 atom stereocenters. The van der Waals surface area contributed by atoms with E-state index in [2.05, 4.69) is 19.9 Å². The molecule has 8 bridgehead atoms. The molecule has 0 spiro atoms. The number of benzene rings is 4. The lowest BCUT2D eigenvalue weighted by Crippen LogP contribution is -2.22. The maximum absolute atomic E-state index is 15.8. The molecule has 348 valence electrons. The standard InChI is InChI=1S/C44H12F20N4/c45-25-21(26(46)34(54)41(61)33(25)53)17-9-1-2-10(65-9)18(22-27(47)35(55)42(62)36(56)28(22)48)12-5-6-14(67-12)20(24-31(51)39(59)44(64)40(60)32(24)52)16-8-7-15(68-16)19(13-4-3-11(17)66-13)23-29(49)37(57)43(63)38(58)30(23)50/h1-8,65-68H/b17-9+,17-11?,18-10+,18-12?,19-13?,19-15+,20-14?,20-16+. The molecule has 5 heterocycles. The van der Waals surface area contributed by atoms with Crippen molar-refractivity contribution in [1.82, 2.24) is 19.9 Å². The average Bonchev–Trinajstić information content (AvgIpc) is 4.18. The van der Waals surface area contributed by atoms with Crippen LogP contribution in [0, 0.1) is 116 Å². The highest BCUT2D eigenvalue weighted by Gasteiger charge is 2.35. The van der Waals surface area contributed by atoms with Crippen LogP contribution in [0.3, 0.4) is 0 Å². The van der Waals surface area contributed by atoms with Gasteiger partial charge in [-0.15, -0.1) is 0 Å². The molecule has 0 aliphatic carbocycles. The molecule has 0 radical (unpaired) electrons. The Morgan fingerprint density at radius 2 is 0.324 bits per heavy atom. The van der Waals surface area contributed by atoms with E-state index in [0.717, 1.165) is 0 Å². The second-order valence-corrected chi connectivity index (χ2v) is 14.4. The molecule has 0 saturated carbocycles. The van der Waals surface area contributed by atoms with Gasteiger partial charge in [-0.25, -0.2) is 87.8 Å². The van der Waals surface area contributed by atoms with Crippen molar-refractivity contribution in [2.24, 2.45) is 0 Å². The van der Waals surface area contributed by atoms with Gasteiger partial charge in [-0.1, -0.05) is 0 Å². The van der Waals surface area contributed by atoms with E-state index in [-0.39, 0.29) is 0 Å². The second-order valence-electron chi connectivity index (χ2n) is 14.4. The number of nitrogens with one attached hydrogen (secondary N) is 4. The summed E-state index contributed by atoms with van der Waals surface area (Å²) in [5.74, 6) is -52.2. The maximum atomic E-state index is 15.8. The van der Waals surface area contributed by atoms with Crippen LogP contribution in [0.2, 0.25) is 0 Å². The molecule has 0 saturated heterocycles. The maximum Gasteiger partial charge on any atom is 0.200 e. The number of aromatic nitrogens is 4. The molecule has 0 fully saturated rings. The van der Waals surface area contributed by atoms with Gasteiger partial charge in [-0.05, 0) is 48.5 Å². The molecule has 9 rings (SSSR count). The molecule has 4 nitrogen and oxygen atoms in total. The van der Waals surface area contributed by atoms with Crippen LogP contribution in [0.15, 0.2) is 48.5 Å². The van der Waals surface area contributed by atoms with Gasteiger partial charge in [0, 0.05) is 66.5 Å². The number of fused-ring (bicyclic) bond motifs is 8. The average molecular weight is 977 g/mol. The van der Waals surface area contributed by atoms with Crippen LogP contribution in [0.5, 0.6) is 0 Å². The molecule has 24 heteroatoms. The highest BCUT2D eigenvalue weighted by atomic mass is 19.2. The highest BCUT2D eigenvalue weighted by molar-refractivity contribution is 5.85. The molecule has 1 aliphatic heterocycles. The van der Waals surface area contributed by atoms with Gasteiger partial charge in [-0.3, -0.25) is 0 Å². The van der Waals surface area contributed by atoms with E-state index in [9.17, 15) is 52.7 Å². The summed E-state index contributed by atoms with van der Waals surface area (Å²) in [5.41, 5.74) is -15.7. The Bertz CT molecular complexity index is 3220. The van der Waals surface area contributed by atoms with Gasteiger partial charge in [-0.2, -0.15) is 0 Å². The summed E-state index contributed by atoms with van der Waals surface area (Å²) in [6, 6.07) is 5.29. The summed E-state index contributed by atoms with van der Waals surface area (Å²) in [5, 5.41) is -3.59. The lowest BCUT2D eigenvalue weighted by atomic mass is 10.00. The Kier molecular flexibility index (Phi) is 10.6. The largest absolute Gasteiger partial charge is 0.354 e. The Morgan fingerprint density at radius 3 is 0.485 bits per heavy atom. The number of H-pyrrole nitrogens is 4. The van der Waals surface area contributed by atoms with Crippen LogP contribution in [-0.2, 0) is 0 Å². The van der Waals surface area contributed by atoms with Gasteiger partial charge in [0.05, 0.1) is 22.3 Å². The van der Waals surface area contributed by atoms with Gasteiger partial charge < -0.3 is 19.9 Å². The number of hydrogen-bond donors (Lipinski definition) is 4. The minimum absolute atomic E-state index is 0.662. The molecule has 4 aromatic carbocycles. The lowest BCUT2D eigenvalue weighted by Gasteiger charge is -2.14. The molecule has 0 amide bonds. The van der Waals surface area contributed by atoms with Gasteiger partial charge in [0.25, 0.3) is 0 Å². The normalized spacial score (nSPS) is 16.1. The molecule has 68 heavy (non-hydrogen) atoms. The third-order valence-electron chi connectivity index (χ3n) is 10.7. The summed E-state index contributed by atoms with van der Waals surface area (Å²) in [6.45, 7) is 0. The topological polar surface area (TPSA) is 63.2 Å². The fourth-order valence-corrected chi connectivity index (χ4v) is 7.70. The minimum Gasteiger partial charge on any atom is -0.354 e. The third-order valence-corrected chi connectivity index (χ3v) is 10.7. The van der Waals surface area contributed by atoms with Gasteiger partial charge >= 0.3 is 0 Å². The van der Waals surface area contributed by atoms with E-state index in [0.29, 0.717) is 48.5 Å². The van der Waals surface area contributed by atoms with Crippen LogP contribution in [0.25, 0.3) is 22.3 Å². The Hall–Kier alpha value is -7.92. The first-order chi connectivity index (χ1) is 32.1. The molecule has 4 N–H and O–H groups in total. The molecule has 4 aromatic heterocycles. The van der Waals surface area contributed by atoms with Gasteiger partial charge in [0.15, 0.2) is 93.1 Å². The van der Waals surface area contributed by atoms with Crippen molar-refractivity contribution in [2.75, 3.05) is 0 Å². The number of aromatic amines is 4. The second kappa shape index (κ2) is 15.9. The van der Waals surface area contributed by atoms with E-state index in [1.54, 1.807) is 0 Å². The Labute approximate surface area is 361 Å². The van der Waals surface area contributed by atoms with E-state index >= 15 is 35.1 Å².